The fourth-order valence-electron chi connectivity index (χ4n) is 1.88. The number of phenols is 1. The van der Waals surface area contributed by atoms with Gasteiger partial charge >= 0.3 is 5.97 Å². The number of aromatic hydroxyl groups is 1. The highest BCUT2D eigenvalue weighted by Crippen LogP contribution is 2.33. The average Bonchev–Trinajstić information content (AvgIpc) is 2.37. The van der Waals surface area contributed by atoms with E-state index in [4.69, 9.17) is 4.74 Å². The Hall–Kier alpha value is -2.23. The smallest absolute Gasteiger partial charge is 0.340 e. The number of rotatable bonds is 2. The van der Waals surface area contributed by atoms with Crippen molar-refractivity contribution >= 4 is 22.4 Å². The van der Waals surface area contributed by atoms with E-state index in [0.29, 0.717) is 22.0 Å². The van der Waals surface area contributed by atoms with E-state index in [-0.39, 0.29) is 5.75 Å². The molecule has 17 heavy (non-hydrogen) atoms. The van der Waals surface area contributed by atoms with Crippen molar-refractivity contribution < 1.29 is 14.6 Å². The third kappa shape index (κ3) is 1.78. The lowest BCUT2D eigenvalue weighted by atomic mass is 10.0. The number of fused-ring (bicyclic) bond motifs is 1. The van der Waals surface area contributed by atoms with Crippen molar-refractivity contribution in [2.24, 2.45) is 0 Å². The highest BCUT2D eigenvalue weighted by molar-refractivity contribution is 6.11. The van der Waals surface area contributed by atoms with Gasteiger partial charge < -0.3 is 15.2 Å². The molecule has 0 aromatic heterocycles. The van der Waals surface area contributed by atoms with Crippen molar-refractivity contribution in [2.75, 3.05) is 19.5 Å². The summed E-state index contributed by atoms with van der Waals surface area (Å²) in [5, 5.41) is 14.1. The zero-order valence-corrected chi connectivity index (χ0v) is 9.65. The zero-order chi connectivity index (χ0) is 12.4. The largest absolute Gasteiger partial charge is 0.507 e. The Bertz CT molecular complexity index is 578. The maximum atomic E-state index is 11.8. The van der Waals surface area contributed by atoms with E-state index in [2.05, 4.69) is 5.32 Å². The Morgan fingerprint density at radius 3 is 2.53 bits per heavy atom. The molecule has 2 rings (SSSR count). The summed E-state index contributed by atoms with van der Waals surface area (Å²) in [4.78, 5) is 11.8. The number of methoxy groups -OCH3 is 1. The first kappa shape index (κ1) is 11.3. The first-order chi connectivity index (χ1) is 8.19. The van der Waals surface area contributed by atoms with E-state index in [0.717, 1.165) is 0 Å². The van der Waals surface area contributed by atoms with E-state index in [1.807, 2.05) is 12.1 Å². The van der Waals surface area contributed by atoms with Gasteiger partial charge in [0.15, 0.2) is 0 Å². The molecule has 0 spiro atoms. The molecule has 2 aromatic rings. The number of hydrogen-bond donors (Lipinski definition) is 2. The van der Waals surface area contributed by atoms with Crippen LogP contribution in [0.25, 0.3) is 10.8 Å². The summed E-state index contributed by atoms with van der Waals surface area (Å²) in [6.07, 6.45) is 0. The molecule has 4 nitrogen and oxygen atoms in total. The Morgan fingerprint density at radius 2 is 1.94 bits per heavy atom. The molecule has 0 aliphatic heterocycles. The standard InChI is InChI=1S/C13H13NO3/c1-14-10-7-11(15)8-5-3-4-6-9(8)12(10)13(16)17-2/h3-7,14-15H,1-2H3. The Balaban J connectivity index is 2.86. The molecule has 0 radical (unpaired) electrons. The Kier molecular flexibility index (Phi) is 2.87. The summed E-state index contributed by atoms with van der Waals surface area (Å²) < 4.78 is 4.77. The summed E-state index contributed by atoms with van der Waals surface area (Å²) in [5.74, 6) is -0.289. The minimum atomic E-state index is -0.425. The Morgan fingerprint density at radius 1 is 1.29 bits per heavy atom. The van der Waals surface area contributed by atoms with Crippen molar-refractivity contribution in [1.29, 1.82) is 0 Å². The van der Waals surface area contributed by atoms with E-state index < -0.39 is 5.97 Å². The molecule has 2 aromatic carbocycles. The minimum absolute atomic E-state index is 0.137. The molecule has 0 bridgehead atoms. The van der Waals surface area contributed by atoms with Crippen molar-refractivity contribution in [1.82, 2.24) is 0 Å². The molecule has 2 N–H and O–H groups in total. The first-order valence-electron chi connectivity index (χ1n) is 5.19. The summed E-state index contributed by atoms with van der Waals surface area (Å²) in [6.45, 7) is 0. The van der Waals surface area contributed by atoms with Crippen LogP contribution in [-0.4, -0.2) is 25.2 Å². The number of nitrogens with one attached hydrogen (secondary N) is 1. The van der Waals surface area contributed by atoms with Gasteiger partial charge in [0.2, 0.25) is 0 Å². The molecular weight excluding hydrogens is 218 g/mol. The van der Waals surface area contributed by atoms with Crippen LogP contribution in [0.3, 0.4) is 0 Å². The van der Waals surface area contributed by atoms with Gasteiger partial charge in [-0.2, -0.15) is 0 Å². The average molecular weight is 231 g/mol. The normalized spacial score (nSPS) is 10.2. The number of esters is 1. The molecule has 0 saturated carbocycles. The molecule has 0 heterocycles. The van der Waals surface area contributed by atoms with Gasteiger partial charge in [0.1, 0.15) is 5.75 Å². The zero-order valence-electron chi connectivity index (χ0n) is 9.65. The van der Waals surface area contributed by atoms with Gasteiger partial charge in [-0.15, -0.1) is 0 Å². The predicted molar refractivity (Wildman–Crippen MR) is 66.5 cm³/mol. The fraction of sp³-hybridized carbons (Fsp3) is 0.154. The molecule has 4 heteroatoms. The van der Waals surface area contributed by atoms with Gasteiger partial charge in [-0.3, -0.25) is 0 Å². The van der Waals surface area contributed by atoms with E-state index >= 15 is 0 Å². The first-order valence-corrected chi connectivity index (χ1v) is 5.19. The Labute approximate surface area is 98.8 Å². The van der Waals surface area contributed by atoms with Gasteiger partial charge in [0, 0.05) is 23.9 Å². The van der Waals surface area contributed by atoms with Crippen LogP contribution in [0.1, 0.15) is 10.4 Å². The van der Waals surface area contributed by atoms with Crippen LogP contribution in [0.4, 0.5) is 5.69 Å². The number of benzene rings is 2. The van der Waals surface area contributed by atoms with Gasteiger partial charge in [0.05, 0.1) is 18.4 Å². The van der Waals surface area contributed by atoms with Crippen LogP contribution >= 0.6 is 0 Å². The second-order valence-electron chi connectivity index (χ2n) is 3.61. The highest BCUT2D eigenvalue weighted by Gasteiger charge is 2.17. The van der Waals surface area contributed by atoms with Gasteiger partial charge in [0.25, 0.3) is 0 Å². The van der Waals surface area contributed by atoms with Gasteiger partial charge in [-0.05, 0) is 0 Å². The maximum Gasteiger partial charge on any atom is 0.340 e. The van der Waals surface area contributed by atoms with E-state index in [1.54, 1.807) is 19.2 Å². The second kappa shape index (κ2) is 4.33. The summed E-state index contributed by atoms with van der Waals surface area (Å²) >= 11 is 0. The highest BCUT2D eigenvalue weighted by atomic mass is 16.5. The molecule has 0 aliphatic rings. The molecular formula is C13H13NO3. The summed E-state index contributed by atoms with van der Waals surface area (Å²) in [6, 6.07) is 8.68. The molecule has 0 aliphatic carbocycles. The van der Waals surface area contributed by atoms with Crippen LogP contribution in [0.5, 0.6) is 5.75 Å². The third-order valence-corrected chi connectivity index (χ3v) is 2.68. The fourth-order valence-corrected chi connectivity index (χ4v) is 1.88. The van der Waals surface area contributed by atoms with Crippen LogP contribution in [-0.2, 0) is 4.74 Å². The van der Waals surface area contributed by atoms with E-state index in [1.165, 1.54) is 13.2 Å². The van der Waals surface area contributed by atoms with Gasteiger partial charge in [-0.1, -0.05) is 24.3 Å². The van der Waals surface area contributed by atoms with Crippen LogP contribution in [0.2, 0.25) is 0 Å². The van der Waals surface area contributed by atoms with Crippen LogP contribution in [0, 0.1) is 0 Å². The van der Waals surface area contributed by atoms with Crippen molar-refractivity contribution in [3.05, 3.63) is 35.9 Å². The topological polar surface area (TPSA) is 58.6 Å². The third-order valence-electron chi connectivity index (χ3n) is 2.68. The minimum Gasteiger partial charge on any atom is -0.507 e. The van der Waals surface area contributed by atoms with Crippen molar-refractivity contribution in [2.45, 2.75) is 0 Å². The lowest BCUT2D eigenvalue weighted by Gasteiger charge is -2.12. The number of ether oxygens (including phenoxy) is 1. The SMILES string of the molecule is CNc1cc(O)c2ccccc2c1C(=O)OC. The lowest BCUT2D eigenvalue weighted by molar-refractivity contribution is 0.0604. The molecule has 0 saturated heterocycles. The number of carbonyl (C=O) groups excluding carboxylic acids is 1. The quantitative estimate of drug-likeness (QED) is 0.779. The maximum absolute atomic E-state index is 11.8. The number of anilines is 1. The van der Waals surface area contributed by atoms with Gasteiger partial charge in [-0.25, -0.2) is 4.79 Å². The molecule has 88 valence electrons. The van der Waals surface area contributed by atoms with Crippen molar-refractivity contribution in [3.63, 3.8) is 0 Å². The molecule has 0 unspecified atom stereocenters. The number of hydrogen-bond acceptors (Lipinski definition) is 4. The molecule has 0 atom stereocenters. The predicted octanol–water partition coefficient (Wildman–Crippen LogP) is 2.37. The lowest BCUT2D eigenvalue weighted by Crippen LogP contribution is -2.06. The van der Waals surface area contributed by atoms with Crippen molar-refractivity contribution in [3.8, 4) is 5.75 Å². The van der Waals surface area contributed by atoms with Crippen LogP contribution < -0.4 is 5.32 Å². The molecule has 0 fully saturated rings. The van der Waals surface area contributed by atoms with Crippen LogP contribution in [0.15, 0.2) is 30.3 Å². The summed E-state index contributed by atoms with van der Waals surface area (Å²) in [5.41, 5.74) is 0.983. The summed E-state index contributed by atoms with van der Waals surface area (Å²) in [7, 11) is 3.03. The monoisotopic (exact) mass is 231 g/mol. The second-order valence-corrected chi connectivity index (χ2v) is 3.61. The van der Waals surface area contributed by atoms with E-state index in [9.17, 15) is 9.90 Å². The molecule has 0 amide bonds. The number of phenolic OH excluding ortho intramolecular Hbond substituents is 1. The number of carbonyl (C=O) groups is 1.